The van der Waals surface area contributed by atoms with Crippen molar-refractivity contribution in [3.63, 3.8) is 0 Å². The van der Waals surface area contributed by atoms with E-state index in [9.17, 15) is 5.11 Å². The van der Waals surface area contributed by atoms with Crippen LogP contribution in [0.1, 0.15) is 11.4 Å². The number of phenols is 1. The standard InChI is InChI=1S/C13H13N3.C10H10N2O/c1-8-6-12(14)11-7-10(16-9-2-3-9)4-5-13(11)15-8;1-6-4-9(11)8-3-2-7(13)5-10(8)12-6/h2-7,9,16H,1H3,(H2,14,15);2-5,13H,1H3,(H2,11,12). The number of nitrogens with one attached hydrogen (secondary N) is 1. The second-order valence-corrected chi connectivity index (χ2v) is 7.19. The van der Waals surface area contributed by atoms with Crippen LogP contribution in [0.25, 0.3) is 21.8 Å². The van der Waals surface area contributed by atoms with Crippen LogP contribution in [0.3, 0.4) is 0 Å². The van der Waals surface area contributed by atoms with E-state index in [-0.39, 0.29) is 5.75 Å². The van der Waals surface area contributed by atoms with E-state index in [4.69, 9.17) is 11.5 Å². The molecule has 4 aromatic rings. The van der Waals surface area contributed by atoms with E-state index in [2.05, 4.69) is 33.5 Å². The Labute approximate surface area is 168 Å². The minimum atomic E-state index is 0.213. The summed E-state index contributed by atoms with van der Waals surface area (Å²) in [7, 11) is 0. The van der Waals surface area contributed by atoms with Gasteiger partial charge >= 0.3 is 0 Å². The van der Waals surface area contributed by atoms with E-state index in [1.807, 2.05) is 38.1 Å². The van der Waals surface area contributed by atoms with Crippen molar-refractivity contribution in [2.45, 2.75) is 19.9 Å². The normalized spacial score (nSPS) is 12.6. The molecule has 6 heteroatoms. The SMILES string of the molecule is Cc1cc(N)c2cc(NC3C=C3)ccc2n1.Cc1cc(N)c2ccc(O)cc2n1. The molecule has 0 radical (unpaired) electrons. The van der Waals surface area contributed by atoms with Crippen LogP contribution in [0.2, 0.25) is 0 Å². The van der Waals surface area contributed by atoms with Crippen LogP contribution in [0.5, 0.6) is 5.75 Å². The number of hydrogen-bond acceptors (Lipinski definition) is 6. The monoisotopic (exact) mass is 385 g/mol. The molecule has 29 heavy (non-hydrogen) atoms. The lowest BCUT2D eigenvalue weighted by Gasteiger charge is -2.08. The van der Waals surface area contributed by atoms with Gasteiger partial charge in [0, 0.05) is 45.3 Å². The third kappa shape index (κ3) is 4.21. The van der Waals surface area contributed by atoms with Gasteiger partial charge < -0.3 is 21.9 Å². The van der Waals surface area contributed by atoms with Crippen molar-refractivity contribution in [1.82, 2.24) is 9.97 Å². The van der Waals surface area contributed by atoms with Crippen molar-refractivity contribution < 1.29 is 5.11 Å². The number of fused-ring (bicyclic) bond motifs is 2. The summed E-state index contributed by atoms with van der Waals surface area (Å²) >= 11 is 0. The van der Waals surface area contributed by atoms with Gasteiger partial charge in [0.25, 0.3) is 0 Å². The average molecular weight is 385 g/mol. The molecule has 0 spiro atoms. The summed E-state index contributed by atoms with van der Waals surface area (Å²) in [6.45, 7) is 3.83. The van der Waals surface area contributed by atoms with E-state index < -0.39 is 0 Å². The maximum absolute atomic E-state index is 9.23. The summed E-state index contributed by atoms with van der Waals surface area (Å²) < 4.78 is 0. The first kappa shape index (κ1) is 18.6. The molecule has 5 rings (SSSR count). The first-order valence-electron chi connectivity index (χ1n) is 9.36. The molecule has 0 saturated carbocycles. The van der Waals surface area contributed by atoms with E-state index in [0.717, 1.165) is 44.6 Å². The highest BCUT2D eigenvalue weighted by Gasteiger charge is 2.10. The van der Waals surface area contributed by atoms with Gasteiger partial charge in [-0.15, -0.1) is 0 Å². The van der Waals surface area contributed by atoms with Crippen LogP contribution in [0.4, 0.5) is 17.1 Å². The first-order chi connectivity index (χ1) is 13.9. The quantitative estimate of drug-likeness (QED) is 0.383. The molecule has 1 aliphatic rings. The summed E-state index contributed by atoms with van der Waals surface area (Å²) in [5.41, 5.74) is 17.8. The number of anilines is 3. The number of phenolic OH excluding ortho intramolecular Hbond substituents is 1. The van der Waals surface area contributed by atoms with Crippen LogP contribution in [-0.4, -0.2) is 21.1 Å². The van der Waals surface area contributed by atoms with Crippen molar-refractivity contribution in [3.8, 4) is 5.75 Å². The number of benzene rings is 2. The predicted molar refractivity (Wildman–Crippen MR) is 120 cm³/mol. The molecule has 2 aromatic carbocycles. The highest BCUT2D eigenvalue weighted by Crippen LogP contribution is 2.26. The minimum Gasteiger partial charge on any atom is -0.508 e. The molecule has 1 aliphatic carbocycles. The van der Waals surface area contributed by atoms with Gasteiger partial charge in [0.1, 0.15) is 5.75 Å². The largest absolute Gasteiger partial charge is 0.508 e. The number of pyridine rings is 2. The van der Waals surface area contributed by atoms with Gasteiger partial charge in [0.05, 0.1) is 17.1 Å². The zero-order valence-electron chi connectivity index (χ0n) is 16.3. The molecule has 0 amide bonds. The molecular weight excluding hydrogens is 362 g/mol. The van der Waals surface area contributed by atoms with Gasteiger partial charge in [-0.1, -0.05) is 12.2 Å². The Morgan fingerprint density at radius 2 is 1.45 bits per heavy atom. The maximum Gasteiger partial charge on any atom is 0.117 e. The molecule has 6 N–H and O–H groups in total. The molecular formula is C23H23N5O. The highest BCUT2D eigenvalue weighted by atomic mass is 16.3. The van der Waals surface area contributed by atoms with Crippen LogP contribution < -0.4 is 16.8 Å². The second kappa shape index (κ2) is 7.31. The molecule has 0 fully saturated rings. The van der Waals surface area contributed by atoms with Crippen LogP contribution in [0, 0.1) is 13.8 Å². The minimum absolute atomic E-state index is 0.213. The molecule has 6 nitrogen and oxygen atoms in total. The Bertz CT molecular complexity index is 1240. The summed E-state index contributed by atoms with van der Waals surface area (Å²) in [5.74, 6) is 0.213. The Morgan fingerprint density at radius 3 is 2.14 bits per heavy atom. The number of nitrogen functional groups attached to an aromatic ring is 2. The second-order valence-electron chi connectivity index (χ2n) is 7.19. The van der Waals surface area contributed by atoms with Gasteiger partial charge in [-0.2, -0.15) is 0 Å². The number of nitrogens with two attached hydrogens (primary N) is 2. The van der Waals surface area contributed by atoms with E-state index in [1.165, 1.54) is 0 Å². The Hall–Kier alpha value is -3.80. The van der Waals surface area contributed by atoms with Crippen LogP contribution in [0.15, 0.2) is 60.7 Å². The highest BCUT2D eigenvalue weighted by molar-refractivity contribution is 5.93. The lowest BCUT2D eigenvalue weighted by molar-refractivity contribution is 0.476. The summed E-state index contributed by atoms with van der Waals surface area (Å²) in [6.07, 6.45) is 4.22. The van der Waals surface area contributed by atoms with Crippen LogP contribution in [-0.2, 0) is 0 Å². The summed E-state index contributed by atoms with van der Waals surface area (Å²) in [6, 6.07) is 15.2. The molecule has 2 aromatic heterocycles. The van der Waals surface area contributed by atoms with Crippen molar-refractivity contribution in [1.29, 1.82) is 0 Å². The number of nitrogens with zero attached hydrogens (tertiary/aromatic N) is 2. The fraction of sp³-hybridized carbons (Fsp3) is 0.130. The number of aryl methyl sites for hydroxylation is 2. The van der Waals surface area contributed by atoms with E-state index in [1.54, 1.807) is 18.2 Å². The molecule has 0 saturated heterocycles. The fourth-order valence-electron chi connectivity index (χ4n) is 3.21. The number of aromatic nitrogens is 2. The summed E-state index contributed by atoms with van der Waals surface area (Å²) in [5, 5.41) is 14.5. The lowest BCUT2D eigenvalue weighted by Crippen LogP contribution is -2.02. The number of hydrogen-bond donors (Lipinski definition) is 4. The molecule has 146 valence electrons. The topological polar surface area (TPSA) is 110 Å². The van der Waals surface area contributed by atoms with Crippen molar-refractivity contribution >= 4 is 38.9 Å². The van der Waals surface area contributed by atoms with Crippen molar-refractivity contribution in [3.05, 3.63) is 72.1 Å². The predicted octanol–water partition coefficient (Wildman–Crippen LogP) is 4.31. The number of rotatable bonds is 2. The Balaban J connectivity index is 0.000000145. The Morgan fingerprint density at radius 1 is 0.793 bits per heavy atom. The van der Waals surface area contributed by atoms with Gasteiger partial charge in [0.2, 0.25) is 0 Å². The molecule has 0 unspecified atom stereocenters. The van der Waals surface area contributed by atoms with E-state index in [0.29, 0.717) is 11.7 Å². The third-order valence-electron chi connectivity index (χ3n) is 4.64. The van der Waals surface area contributed by atoms with Crippen LogP contribution >= 0.6 is 0 Å². The lowest BCUT2D eigenvalue weighted by atomic mass is 10.1. The summed E-state index contributed by atoms with van der Waals surface area (Å²) in [4.78, 5) is 8.71. The average Bonchev–Trinajstić information content (AvgIpc) is 3.46. The van der Waals surface area contributed by atoms with E-state index >= 15 is 0 Å². The third-order valence-corrected chi connectivity index (χ3v) is 4.64. The molecule has 0 atom stereocenters. The van der Waals surface area contributed by atoms with Crippen molar-refractivity contribution in [2.75, 3.05) is 16.8 Å². The zero-order chi connectivity index (χ0) is 20.5. The molecule has 2 heterocycles. The van der Waals surface area contributed by atoms with Gasteiger partial charge in [-0.3, -0.25) is 9.97 Å². The number of aromatic hydroxyl groups is 1. The van der Waals surface area contributed by atoms with Gasteiger partial charge in [-0.05, 0) is 56.3 Å². The molecule has 0 bridgehead atoms. The maximum atomic E-state index is 9.23. The fourth-order valence-corrected chi connectivity index (χ4v) is 3.21. The molecule has 0 aliphatic heterocycles. The smallest absolute Gasteiger partial charge is 0.117 e. The Kier molecular flexibility index (Phi) is 4.68. The zero-order valence-corrected chi connectivity index (χ0v) is 16.3. The van der Waals surface area contributed by atoms with Gasteiger partial charge in [-0.25, -0.2) is 0 Å². The first-order valence-corrected chi connectivity index (χ1v) is 9.36. The van der Waals surface area contributed by atoms with Crippen molar-refractivity contribution in [2.24, 2.45) is 0 Å². The van der Waals surface area contributed by atoms with Gasteiger partial charge in [0.15, 0.2) is 0 Å².